The number of aliphatic carboxylic acids is 1. The number of carbonyl (C=O) groups excluding carboxylic acids is 2. The monoisotopic (exact) mass is 322 g/mol. The second-order valence-corrected chi connectivity index (χ2v) is 5.47. The number of carbonyl (C=O) groups is 3. The molecule has 1 aromatic rings. The van der Waals surface area contributed by atoms with E-state index in [-0.39, 0.29) is 17.9 Å². The molecule has 0 bridgehead atoms. The molecule has 1 aromatic carbocycles. The molecular weight excluding hydrogens is 303 g/mol. The van der Waals surface area contributed by atoms with Crippen molar-refractivity contribution in [3.63, 3.8) is 0 Å². The van der Waals surface area contributed by atoms with Crippen molar-refractivity contribution < 1.29 is 23.9 Å². The summed E-state index contributed by atoms with van der Waals surface area (Å²) in [5.74, 6) is -2.78. The van der Waals surface area contributed by atoms with Gasteiger partial charge >= 0.3 is 5.97 Å². The summed E-state index contributed by atoms with van der Waals surface area (Å²) in [7, 11) is 0. The molecule has 0 aromatic heterocycles. The number of nitrogens with zero attached hydrogens (tertiary/aromatic N) is 1. The summed E-state index contributed by atoms with van der Waals surface area (Å²) in [5.41, 5.74) is 0.186. The fourth-order valence-corrected chi connectivity index (χ4v) is 2.56. The third-order valence-electron chi connectivity index (χ3n) is 3.76. The predicted molar refractivity (Wildman–Crippen MR) is 81.8 cm³/mol. The van der Waals surface area contributed by atoms with Crippen LogP contribution in [0.1, 0.15) is 43.0 Å². The first-order chi connectivity index (χ1) is 10.9. The van der Waals surface area contributed by atoms with E-state index in [4.69, 9.17) is 5.11 Å². The number of carboxylic acid groups (broad SMARTS) is 1. The molecule has 23 heavy (non-hydrogen) atoms. The Balaban J connectivity index is 2.22. The van der Waals surface area contributed by atoms with Gasteiger partial charge in [0, 0.05) is 18.7 Å². The molecule has 1 heterocycles. The zero-order valence-corrected chi connectivity index (χ0v) is 12.8. The largest absolute Gasteiger partial charge is 0.480 e. The first-order valence-electron chi connectivity index (χ1n) is 7.57. The highest BCUT2D eigenvalue weighted by atomic mass is 19.1. The number of carboxylic acids is 1. The second kappa shape index (κ2) is 7.21. The molecule has 0 saturated carbocycles. The Kier molecular flexibility index (Phi) is 5.31. The Labute approximate surface area is 133 Å². The molecule has 0 spiro atoms. The Morgan fingerprint density at radius 2 is 2.17 bits per heavy atom. The first kappa shape index (κ1) is 16.9. The number of hydrogen-bond donors (Lipinski definition) is 2. The Morgan fingerprint density at radius 3 is 2.74 bits per heavy atom. The summed E-state index contributed by atoms with van der Waals surface area (Å²) in [6.07, 6.45) is 1.97. The van der Waals surface area contributed by atoms with E-state index in [2.05, 4.69) is 5.32 Å². The Morgan fingerprint density at radius 1 is 1.43 bits per heavy atom. The van der Waals surface area contributed by atoms with Gasteiger partial charge in [-0.2, -0.15) is 0 Å². The molecule has 0 radical (unpaired) electrons. The van der Waals surface area contributed by atoms with Crippen LogP contribution in [0.25, 0.3) is 0 Å². The number of hydrogen-bond acceptors (Lipinski definition) is 3. The fraction of sp³-hybridized carbons (Fsp3) is 0.438. The van der Waals surface area contributed by atoms with Crippen LogP contribution < -0.4 is 10.2 Å². The average Bonchev–Trinajstić information content (AvgIpc) is 2.93. The van der Waals surface area contributed by atoms with Crippen LogP contribution in [0.4, 0.5) is 10.1 Å². The third-order valence-corrected chi connectivity index (χ3v) is 3.76. The zero-order valence-electron chi connectivity index (χ0n) is 12.8. The minimum absolute atomic E-state index is 0.0719. The van der Waals surface area contributed by atoms with E-state index in [9.17, 15) is 18.8 Å². The summed E-state index contributed by atoms with van der Waals surface area (Å²) >= 11 is 0. The van der Waals surface area contributed by atoms with E-state index in [1.54, 1.807) is 6.92 Å². The van der Waals surface area contributed by atoms with E-state index in [0.717, 1.165) is 12.5 Å². The molecule has 1 saturated heterocycles. The lowest BCUT2D eigenvalue weighted by atomic mass is 10.1. The number of rotatable bonds is 6. The van der Waals surface area contributed by atoms with E-state index in [1.807, 2.05) is 0 Å². The maximum Gasteiger partial charge on any atom is 0.326 e. The van der Waals surface area contributed by atoms with Crippen LogP contribution in [0.2, 0.25) is 0 Å². The SMILES string of the molecule is CCC[C@@H](NC(=O)c1cc(N2CCCC2=O)ccc1F)C(=O)O. The maximum atomic E-state index is 13.9. The zero-order chi connectivity index (χ0) is 17.0. The molecule has 124 valence electrons. The summed E-state index contributed by atoms with van der Waals surface area (Å²) < 4.78 is 13.9. The lowest BCUT2D eigenvalue weighted by Gasteiger charge is -2.18. The Bertz CT molecular complexity index is 633. The average molecular weight is 322 g/mol. The van der Waals surface area contributed by atoms with Crippen molar-refractivity contribution >= 4 is 23.5 Å². The minimum atomic E-state index is -1.16. The number of amides is 2. The molecule has 2 rings (SSSR count). The number of nitrogens with one attached hydrogen (secondary N) is 1. The van der Waals surface area contributed by atoms with Crippen molar-refractivity contribution in [2.45, 2.75) is 38.6 Å². The van der Waals surface area contributed by atoms with E-state index in [0.29, 0.717) is 25.1 Å². The van der Waals surface area contributed by atoms with Gasteiger partial charge in [0.1, 0.15) is 11.9 Å². The number of anilines is 1. The second-order valence-electron chi connectivity index (χ2n) is 5.47. The molecule has 2 amide bonds. The quantitative estimate of drug-likeness (QED) is 0.838. The van der Waals surface area contributed by atoms with Crippen LogP contribution in [0.15, 0.2) is 18.2 Å². The van der Waals surface area contributed by atoms with Gasteiger partial charge in [-0.1, -0.05) is 13.3 Å². The molecule has 6 nitrogen and oxygen atoms in total. The van der Waals surface area contributed by atoms with Gasteiger partial charge in [-0.15, -0.1) is 0 Å². The minimum Gasteiger partial charge on any atom is -0.480 e. The molecule has 7 heteroatoms. The highest BCUT2D eigenvalue weighted by Crippen LogP contribution is 2.24. The van der Waals surface area contributed by atoms with Crippen LogP contribution in [-0.2, 0) is 9.59 Å². The van der Waals surface area contributed by atoms with Crippen molar-refractivity contribution in [3.8, 4) is 0 Å². The maximum absolute atomic E-state index is 13.9. The van der Waals surface area contributed by atoms with Crippen molar-refractivity contribution in [1.29, 1.82) is 0 Å². The van der Waals surface area contributed by atoms with Gasteiger partial charge in [-0.25, -0.2) is 9.18 Å². The molecule has 0 aliphatic carbocycles. The van der Waals surface area contributed by atoms with Crippen LogP contribution in [0.5, 0.6) is 0 Å². The van der Waals surface area contributed by atoms with Gasteiger partial charge in [0.25, 0.3) is 5.91 Å². The van der Waals surface area contributed by atoms with Gasteiger partial charge in [0.05, 0.1) is 5.56 Å². The molecule has 1 aliphatic rings. The number of benzene rings is 1. The lowest BCUT2D eigenvalue weighted by molar-refractivity contribution is -0.139. The summed E-state index contributed by atoms with van der Waals surface area (Å²) in [4.78, 5) is 36.5. The van der Waals surface area contributed by atoms with E-state index >= 15 is 0 Å². The van der Waals surface area contributed by atoms with Gasteiger partial charge in [-0.05, 0) is 31.0 Å². The van der Waals surface area contributed by atoms with Crippen molar-refractivity contribution in [2.24, 2.45) is 0 Å². The van der Waals surface area contributed by atoms with Crippen molar-refractivity contribution in [1.82, 2.24) is 5.32 Å². The first-order valence-corrected chi connectivity index (χ1v) is 7.57. The summed E-state index contributed by atoms with van der Waals surface area (Å²) in [6.45, 7) is 2.32. The topological polar surface area (TPSA) is 86.7 Å². The highest BCUT2D eigenvalue weighted by Gasteiger charge is 2.25. The van der Waals surface area contributed by atoms with E-state index < -0.39 is 23.7 Å². The van der Waals surface area contributed by atoms with Gasteiger partial charge in [0.15, 0.2) is 0 Å². The Hall–Kier alpha value is -2.44. The molecule has 0 unspecified atom stereocenters. The molecule has 2 N–H and O–H groups in total. The van der Waals surface area contributed by atoms with Crippen LogP contribution in [-0.4, -0.2) is 35.5 Å². The van der Waals surface area contributed by atoms with Crippen LogP contribution in [0, 0.1) is 5.82 Å². The summed E-state index contributed by atoms with van der Waals surface area (Å²) in [5, 5.41) is 11.4. The normalized spacial score (nSPS) is 15.6. The van der Waals surface area contributed by atoms with Gasteiger partial charge < -0.3 is 15.3 Å². The lowest BCUT2D eigenvalue weighted by Crippen LogP contribution is -2.41. The van der Waals surface area contributed by atoms with Crippen LogP contribution >= 0.6 is 0 Å². The van der Waals surface area contributed by atoms with Gasteiger partial charge in [-0.3, -0.25) is 9.59 Å². The molecule has 1 fully saturated rings. The van der Waals surface area contributed by atoms with Crippen molar-refractivity contribution in [3.05, 3.63) is 29.6 Å². The van der Waals surface area contributed by atoms with E-state index in [1.165, 1.54) is 17.0 Å². The van der Waals surface area contributed by atoms with Gasteiger partial charge in [0.2, 0.25) is 5.91 Å². The molecule has 1 aliphatic heterocycles. The molecular formula is C16H19FN2O4. The fourth-order valence-electron chi connectivity index (χ4n) is 2.56. The third kappa shape index (κ3) is 3.85. The standard InChI is InChI=1S/C16H19FN2O4/c1-2-4-13(16(22)23)18-15(21)11-9-10(6-7-12(11)17)19-8-3-5-14(19)20/h6-7,9,13H,2-5,8H2,1H3,(H,18,21)(H,22,23)/t13-/m1/s1. The van der Waals surface area contributed by atoms with Crippen molar-refractivity contribution in [2.75, 3.05) is 11.4 Å². The predicted octanol–water partition coefficient (Wildman–Crippen LogP) is 1.94. The number of halogens is 1. The smallest absolute Gasteiger partial charge is 0.326 e. The molecule has 1 atom stereocenters. The van der Waals surface area contributed by atoms with Crippen LogP contribution in [0.3, 0.4) is 0 Å². The summed E-state index contributed by atoms with van der Waals surface area (Å²) in [6, 6.07) is 2.78. The highest BCUT2D eigenvalue weighted by molar-refractivity contribution is 6.00.